The van der Waals surface area contributed by atoms with Crippen LogP contribution in [0.4, 0.5) is 0 Å². The fourth-order valence-corrected chi connectivity index (χ4v) is 2.24. The predicted molar refractivity (Wildman–Crippen MR) is 135 cm³/mol. The fraction of sp³-hybridized carbons (Fsp3) is 0. The van der Waals surface area contributed by atoms with E-state index in [1.807, 2.05) is 0 Å². The normalized spacial score (nSPS) is 9.54. The minimum Gasteiger partial charge on any atom is -0.872 e. The van der Waals surface area contributed by atoms with E-state index < -0.39 is 17.9 Å². The molecule has 0 heterocycles. The molecule has 203 valence electrons. The average Bonchev–Trinajstić information content (AvgIpc) is 2.84. The first-order valence-corrected chi connectivity index (χ1v) is 10.1. The van der Waals surface area contributed by atoms with Gasteiger partial charge in [-0.1, -0.05) is 72.8 Å². The van der Waals surface area contributed by atoms with Crippen LogP contribution in [-0.2, 0) is 14.4 Å². The molecule has 7 N–H and O–H groups in total. The van der Waals surface area contributed by atoms with Crippen molar-refractivity contribution in [2.24, 2.45) is 0 Å². The second kappa shape index (κ2) is 22.0. The van der Waals surface area contributed by atoms with Crippen molar-refractivity contribution in [2.45, 2.75) is 0 Å². The summed E-state index contributed by atoms with van der Waals surface area (Å²) < 4.78 is 0. The van der Waals surface area contributed by atoms with Gasteiger partial charge in [0.2, 0.25) is 0 Å². The molecule has 11 nitrogen and oxygen atoms in total. The van der Waals surface area contributed by atoms with E-state index in [0.29, 0.717) is 16.7 Å². The van der Waals surface area contributed by atoms with E-state index in [1.54, 1.807) is 36.4 Å². The van der Waals surface area contributed by atoms with E-state index >= 15 is 0 Å². The van der Waals surface area contributed by atoms with Crippen LogP contribution in [0, 0.1) is 41.7 Å². The molecule has 39 heavy (non-hydrogen) atoms. The van der Waals surface area contributed by atoms with Gasteiger partial charge in [0.1, 0.15) is 0 Å². The zero-order valence-corrected chi connectivity index (χ0v) is 23.3. The second-order valence-electron chi connectivity index (χ2n) is 6.72. The number of hydrogen-bond donors (Lipinski definition) is 3. The van der Waals surface area contributed by atoms with Crippen molar-refractivity contribution >= 4 is 36.1 Å². The van der Waals surface area contributed by atoms with Gasteiger partial charge in [0.05, 0.1) is 0 Å². The van der Waals surface area contributed by atoms with Crippen molar-refractivity contribution in [2.75, 3.05) is 0 Å². The van der Waals surface area contributed by atoms with Gasteiger partial charge in [-0.25, -0.2) is 14.4 Å². The van der Waals surface area contributed by atoms with Gasteiger partial charge < -0.3 is 41.6 Å². The molecule has 0 bridgehead atoms. The van der Waals surface area contributed by atoms with Gasteiger partial charge in [-0.05, 0) is 34.9 Å². The molecule has 0 unspecified atom stereocenters. The van der Waals surface area contributed by atoms with Crippen LogP contribution < -0.4 is 15.3 Å². The van der Waals surface area contributed by atoms with Crippen molar-refractivity contribution in [3.63, 3.8) is 0 Å². The Bertz CT molecular complexity index is 1060. The summed E-state index contributed by atoms with van der Waals surface area (Å²) in [4.78, 5) is 30.3. The summed E-state index contributed by atoms with van der Waals surface area (Å²) in [5.41, 5.74) is 2.12. The van der Waals surface area contributed by atoms with Gasteiger partial charge in [-0.15, -0.1) is 17.2 Å². The maximum absolute atomic E-state index is 10.6. The average molecular weight is 666 g/mol. The summed E-state index contributed by atoms with van der Waals surface area (Å²) in [6.45, 7) is 0. The molecule has 3 aromatic carbocycles. The SMILES string of the molecule is O.O.O=C(O)/C=C/c1ccc([O-])cc1.O=C(O)/C=C/c1ccc([O-])cc1.O=C(O)/C=C/c1ccc([O-])cc1.[Ce+3]. The van der Waals surface area contributed by atoms with Crippen molar-refractivity contribution in [3.8, 4) is 17.2 Å². The standard InChI is InChI=1S/3C9H8O3.Ce.2H2O/c3*10-8-4-1-7(2-5-8)3-6-9(11)12;;;/h3*1-6,10H,(H,11,12);;2*1H2/q;;;+3;;/p-3/b3*6-3+;;;. The van der Waals surface area contributed by atoms with Gasteiger partial charge in [-0.3, -0.25) is 0 Å². The van der Waals surface area contributed by atoms with Crippen LogP contribution in [0.1, 0.15) is 16.7 Å². The first kappa shape index (κ1) is 39.5. The quantitative estimate of drug-likeness (QED) is 0.317. The van der Waals surface area contributed by atoms with E-state index in [2.05, 4.69) is 0 Å². The molecule has 0 fully saturated rings. The van der Waals surface area contributed by atoms with Crippen LogP contribution in [0.25, 0.3) is 18.2 Å². The number of hydrogen-bond acceptors (Lipinski definition) is 6. The third-order valence-electron chi connectivity index (χ3n) is 3.90. The molecule has 0 spiro atoms. The Morgan fingerprint density at radius 2 is 0.641 bits per heavy atom. The molecule has 1 radical (unpaired) electrons. The molecule has 0 aliphatic heterocycles. The Balaban J connectivity index is -0.000000480. The van der Waals surface area contributed by atoms with Gasteiger partial charge in [0.25, 0.3) is 0 Å². The van der Waals surface area contributed by atoms with E-state index in [1.165, 1.54) is 54.6 Å². The van der Waals surface area contributed by atoms with Crippen molar-refractivity contribution in [3.05, 3.63) is 108 Å². The molecule has 0 aromatic heterocycles. The summed E-state index contributed by atoms with van der Waals surface area (Å²) in [7, 11) is 0. The summed E-state index contributed by atoms with van der Waals surface area (Å²) in [5.74, 6) is -3.24. The number of carbonyl (C=O) groups is 3. The molecule has 0 saturated heterocycles. The summed E-state index contributed by atoms with van der Waals surface area (Å²) in [5, 5.41) is 56.7. The zero-order chi connectivity index (χ0) is 26.9. The topological polar surface area (TPSA) is 244 Å². The predicted octanol–water partition coefficient (Wildman–Crippen LogP) is 0.925. The molecule has 0 saturated carbocycles. The Kier molecular flexibility index (Phi) is 22.3. The Labute approximate surface area is 257 Å². The minimum atomic E-state index is -0.999. The van der Waals surface area contributed by atoms with Gasteiger partial charge in [0, 0.05) is 18.2 Å². The van der Waals surface area contributed by atoms with Crippen molar-refractivity contribution in [1.29, 1.82) is 0 Å². The van der Waals surface area contributed by atoms with E-state index in [9.17, 15) is 29.7 Å². The largest absolute Gasteiger partial charge is 3.00 e. The van der Waals surface area contributed by atoms with E-state index in [4.69, 9.17) is 15.3 Å². The van der Waals surface area contributed by atoms with Crippen LogP contribution in [0.15, 0.2) is 91.0 Å². The molecule has 0 aliphatic rings. The third kappa shape index (κ3) is 20.7. The van der Waals surface area contributed by atoms with Crippen LogP contribution in [0.3, 0.4) is 0 Å². The first-order valence-electron chi connectivity index (χ1n) is 10.1. The van der Waals surface area contributed by atoms with Crippen LogP contribution >= 0.6 is 0 Å². The Morgan fingerprint density at radius 1 is 0.462 bits per heavy atom. The molecule has 0 amide bonds. The molecular weight excluding hydrogens is 640 g/mol. The molecule has 0 aliphatic carbocycles. The van der Waals surface area contributed by atoms with Crippen LogP contribution in [-0.4, -0.2) is 44.2 Å². The monoisotopic (exact) mass is 665 g/mol. The van der Waals surface area contributed by atoms with Gasteiger partial charge in [0.15, 0.2) is 0 Å². The Morgan fingerprint density at radius 3 is 0.795 bits per heavy atom. The van der Waals surface area contributed by atoms with Crippen LogP contribution in [0.2, 0.25) is 0 Å². The number of aliphatic carboxylic acids is 3. The van der Waals surface area contributed by atoms with Gasteiger partial charge in [-0.2, -0.15) is 0 Å². The summed E-state index contributed by atoms with van der Waals surface area (Å²) in [6, 6.07) is 17.8. The fourth-order valence-electron chi connectivity index (χ4n) is 2.24. The molecular formula is C27H25CeO11. The molecule has 12 heteroatoms. The number of benzene rings is 3. The van der Waals surface area contributed by atoms with Crippen LogP contribution in [0.5, 0.6) is 17.2 Å². The van der Waals surface area contributed by atoms with Crippen molar-refractivity contribution in [1.82, 2.24) is 0 Å². The second-order valence-corrected chi connectivity index (χ2v) is 6.72. The summed E-state index contributed by atoms with van der Waals surface area (Å²) >= 11 is 0. The Hall–Kier alpha value is -4.01. The third-order valence-corrected chi connectivity index (χ3v) is 3.90. The van der Waals surface area contributed by atoms with E-state index in [-0.39, 0.29) is 69.9 Å². The van der Waals surface area contributed by atoms with E-state index in [0.717, 1.165) is 18.2 Å². The maximum atomic E-state index is 10.6. The van der Waals surface area contributed by atoms with Crippen molar-refractivity contribution < 1.29 is 97.7 Å². The number of carboxylic acids is 3. The number of rotatable bonds is 6. The number of carboxylic acid groups (broad SMARTS) is 3. The zero-order valence-electron chi connectivity index (χ0n) is 20.2. The van der Waals surface area contributed by atoms with Gasteiger partial charge >= 0.3 is 59.7 Å². The first-order chi connectivity index (χ1) is 17.0. The summed E-state index contributed by atoms with van der Waals surface area (Å²) in [6.07, 6.45) is 7.38. The smallest absolute Gasteiger partial charge is 0.872 e. The molecule has 0 atom stereocenters. The molecule has 3 rings (SSSR count). The minimum absolute atomic E-state index is 0. The maximum Gasteiger partial charge on any atom is 3.00 e. The molecule has 3 aromatic rings.